The lowest BCUT2D eigenvalue weighted by Crippen LogP contribution is -2.30. The van der Waals surface area contributed by atoms with E-state index in [2.05, 4.69) is 17.2 Å². The topological polar surface area (TPSA) is 43.4 Å². The third-order valence-electron chi connectivity index (χ3n) is 2.23. The fraction of sp³-hybridized carbons (Fsp3) is 0.583. The molecule has 0 aliphatic rings. The maximum absolute atomic E-state index is 5.32. The van der Waals surface area contributed by atoms with Gasteiger partial charge >= 0.3 is 0 Å². The third-order valence-corrected chi connectivity index (χ3v) is 2.23. The van der Waals surface area contributed by atoms with Crippen LogP contribution in [0.25, 0.3) is 0 Å². The molecule has 0 saturated carbocycles. The summed E-state index contributed by atoms with van der Waals surface area (Å²) in [4.78, 5) is 4.14. The third kappa shape index (κ3) is 4.59. The molecule has 1 N–H and O–H groups in total. The molecule has 1 rings (SSSR count). The zero-order valence-corrected chi connectivity index (χ0v) is 10.2. The van der Waals surface area contributed by atoms with Gasteiger partial charge in [0.2, 0.25) is 5.88 Å². The second-order valence-electron chi connectivity index (χ2n) is 3.65. The lowest BCUT2D eigenvalue weighted by atomic mass is 10.2. The van der Waals surface area contributed by atoms with Gasteiger partial charge in [-0.1, -0.05) is 6.07 Å². The first-order chi connectivity index (χ1) is 7.76. The molecular weight excluding hydrogens is 204 g/mol. The standard InChI is InChI=1S/C12H20N2O2/c1-4-16-9-10(2)13-7-11-5-6-12(15-3)14-8-11/h5-6,8,10,13H,4,7,9H2,1-3H3. The highest BCUT2D eigenvalue weighted by Crippen LogP contribution is 2.06. The molecule has 90 valence electrons. The first-order valence-corrected chi connectivity index (χ1v) is 5.56. The quantitative estimate of drug-likeness (QED) is 0.764. The summed E-state index contributed by atoms with van der Waals surface area (Å²) in [6.07, 6.45) is 1.82. The summed E-state index contributed by atoms with van der Waals surface area (Å²) in [6, 6.07) is 4.22. The number of ether oxygens (including phenoxy) is 2. The van der Waals surface area contributed by atoms with Gasteiger partial charge in [0.15, 0.2) is 0 Å². The minimum Gasteiger partial charge on any atom is -0.481 e. The molecule has 0 aliphatic carbocycles. The van der Waals surface area contributed by atoms with Crippen LogP contribution in [0, 0.1) is 0 Å². The van der Waals surface area contributed by atoms with Gasteiger partial charge < -0.3 is 14.8 Å². The van der Waals surface area contributed by atoms with E-state index < -0.39 is 0 Å². The van der Waals surface area contributed by atoms with Gasteiger partial charge in [-0.05, 0) is 19.4 Å². The van der Waals surface area contributed by atoms with Crippen LogP contribution in [0.3, 0.4) is 0 Å². The summed E-state index contributed by atoms with van der Waals surface area (Å²) < 4.78 is 10.3. The second kappa shape index (κ2) is 7.19. The van der Waals surface area contributed by atoms with Gasteiger partial charge in [0, 0.05) is 31.5 Å². The molecule has 4 heteroatoms. The van der Waals surface area contributed by atoms with Crippen molar-refractivity contribution < 1.29 is 9.47 Å². The Morgan fingerprint density at radius 3 is 2.81 bits per heavy atom. The Bertz CT molecular complexity index is 288. The Kier molecular flexibility index (Phi) is 5.82. The summed E-state index contributed by atoms with van der Waals surface area (Å²) in [7, 11) is 1.62. The molecule has 0 fully saturated rings. The van der Waals surface area contributed by atoms with Gasteiger partial charge in [0.05, 0.1) is 13.7 Å². The van der Waals surface area contributed by atoms with Gasteiger partial charge in [-0.15, -0.1) is 0 Å². The highest BCUT2D eigenvalue weighted by atomic mass is 16.5. The van der Waals surface area contributed by atoms with E-state index in [9.17, 15) is 0 Å². The number of rotatable bonds is 7. The minimum atomic E-state index is 0.349. The van der Waals surface area contributed by atoms with E-state index >= 15 is 0 Å². The van der Waals surface area contributed by atoms with Crippen molar-refractivity contribution in [2.24, 2.45) is 0 Å². The highest BCUT2D eigenvalue weighted by molar-refractivity contribution is 5.17. The van der Waals surface area contributed by atoms with Crippen LogP contribution in [0.1, 0.15) is 19.4 Å². The number of nitrogens with one attached hydrogen (secondary N) is 1. The van der Waals surface area contributed by atoms with Crippen LogP contribution in [-0.2, 0) is 11.3 Å². The molecule has 0 amide bonds. The van der Waals surface area contributed by atoms with Gasteiger partial charge in [-0.3, -0.25) is 0 Å². The van der Waals surface area contributed by atoms with Crippen molar-refractivity contribution >= 4 is 0 Å². The van der Waals surface area contributed by atoms with E-state index in [4.69, 9.17) is 9.47 Å². The van der Waals surface area contributed by atoms with Crippen LogP contribution in [0.4, 0.5) is 0 Å². The second-order valence-corrected chi connectivity index (χ2v) is 3.65. The van der Waals surface area contributed by atoms with Crippen LogP contribution in [0.15, 0.2) is 18.3 Å². The summed E-state index contributed by atoms with van der Waals surface area (Å²) in [5, 5.41) is 3.37. The number of pyridine rings is 1. The molecule has 0 radical (unpaired) electrons. The fourth-order valence-corrected chi connectivity index (χ4v) is 1.28. The highest BCUT2D eigenvalue weighted by Gasteiger charge is 2.01. The normalized spacial score (nSPS) is 12.4. The zero-order chi connectivity index (χ0) is 11.8. The Hall–Kier alpha value is -1.13. The van der Waals surface area contributed by atoms with Crippen molar-refractivity contribution in [2.45, 2.75) is 26.4 Å². The molecule has 1 aromatic rings. The predicted octanol–water partition coefficient (Wildman–Crippen LogP) is 1.60. The molecule has 1 aromatic heterocycles. The Labute approximate surface area is 97.0 Å². The smallest absolute Gasteiger partial charge is 0.212 e. The van der Waals surface area contributed by atoms with Gasteiger partial charge in [-0.25, -0.2) is 4.98 Å². The van der Waals surface area contributed by atoms with Gasteiger partial charge in [0.1, 0.15) is 0 Å². The molecule has 0 aromatic carbocycles. The van der Waals surface area contributed by atoms with Crippen LogP contribution >= 0.6 is 0 Å². The van der Waals surface area contributed by atoms with E-state index in [0.29, 0.717) is 11.9 Å². The van der Waals surface area contributed by atoms with Crippen molar-refractivity contribution in [3.05, 3.63) is 23.9 Å². The maximum atomic E-state index is 5.32. The number of methoxy groups -OCH3 is 1. The number of nitrogens with zero attached hydrogens (tertiary/aromatic N) is 1. The molecule has 0 saturated heterocycles. The van der Waals surface area contributed by atoms with E-state index in [1.165, 1.54) is 0 Å². The van der Waals surface area contributed by atoms with Crippen LogP contribution in [0.5, 0.6) is 5.88 Å². The number of aromatic nitrogens is 1. The van der Waals surface area contributed by atoms with E-state index in [1.807, 2.05) is 25.3 Å². The molecular formula is C12H20N2O2. The Morgan fingerprint density at radius 1 is 1.44 bits per heavy atom. The molecule has 1 unspecified atom stereocenters. The summed E-state index contributed by atoms with van der Waals surface area (Å²) in [5.74, 6) is 0.645. The maximum Gasteiger partial charge on any atom is 0.212 e. The molecule has 0 aliphatic heterocycles. The van der Waals surface area contributed by atoms with Crippen molar-refractivity contribution in [2.75, 3.05) is 20.3 Å². The average molecular weight is 224 g/mol. The summed E-state index contributed by atoms with van der Waals surface area (Å²) >= 11 is 0. The molecule has 1 heterocycles. The molecule has 0 bridgehead atoms. The van der Waals surface area contributed by atoms with Crippen molar-refractivity contribution in [3.8, 4) is 5.88 Å². The Balaban J connectivity index is 2.30. The SMILES string of the molecule is CCOCC(C)NCc1ccc(OC)nc1. The summed E-state index contributed by atoms with van der Waals surface area (Å²) in [6.45, 7) is 6.40. The number of hydrogen-bond acceptors (Lipinski definition) is 4. The lowest BCUT2D eigenvalue weighted by molar-refractivity contribution is 0.127. The molecule has 4 nitrogen and oxygen atoms in total. The average Bonchev–Trinajstić information content (AvgIpc) is 2.34. The largest absolute Gasteiger partial charge is 0.481 e. The van der Waals surface area contributed by atoms with Crippen molar-refractivity contribution in [1.29, 1.82) is 0 Å². The zero-order valence-electron chi connectivity index (χ0n) is 10.2. The van der Waals surface area contributed by atoms with Crippen LogP contribution < -0.4 is 10.1 Å². The summed E-state index contributed by atoms with van der Waals surface area (Å²) in [5.41, 5.74) is 1.14. The van der Waals surface area contributed by atoms with E-state index in [1.54, 1.807) is 7.11 Å². The predicted molar refractivity (Wildman–Crippen MR) is 63.6 cm³/mol. The van der Waals surface area contributed by atoms with Crippen LogP contribution in [-0.4, -0.2) is 31.3 Å². The number of hydrogen-bond donors (Lipinski definition) is 1. The molecule has 1 atom stereocenters. The van der Waals surface area contributed by atoms with Crippen molar-refractivity contribution in [3.63, 3.8) is 0 Å². The first-order valence-electron chi connectivity index (χ1n) is 5.56. The van der Waals surface area contributed by atoms with Gasteiger partial charge in [-0.2, -0.15) is 0 Å². The van der Waals surface area contributed by atoms with Crippen molar-refractivity contribution in [1.82, 2.24) is 10.3 Å². The molecule has 16 heavy (non-hydrogen) atoms. The van der Waals surface area contributed by atoms with E-state index in [-0.39, 0.29) is 0 Å². The molecule has 0 spiro atoms. The minimum absolute atomic E-state index is 0.349. The van der Waals surface area contributed by atoms with Crippen LogP contribution in [0.2, 0.25) is 0 Å². The fourth-order valence-electron chi connectivity index (χ4n) is 1.28. The van der Waals surface area contributed by atoms with Gasteiger partial charge in [0.25, 0.3) is 0 Å². The lowest BCUT2D eigenvalue weighted by Gasteiger charge is -2.13. The monoisotopic (exact) mass is 224 g/mol. The Morgan fingerprint density at radius 2 is 2.25 bits per heavy atom. The van der Waals surface area contributed by atoms with E-state index in [0.717, 1.165) is 25.3 Å². The first kappa shape index (κ1) is 12.9.